The number of rotatable bonds is 6. The van der Waals surface area contributed by atoms with Gasteiger partial charge in [0.1, 0.15) is 0 Å². The zero-order valence-corrected chi connectivity index (χ0v) is 21.2. The molecule has 3 aliphatic rings. The average molecular weight is 469 g/mol. The third kappa shape index (κ3) is 4.43. The van der Waals surface area contributed by atoms with Crippen LogP contribution in [0, 0.1) is 0 Å². The fraction of sp³-hybridized carbons (Fsp3) is 0.419. The van der Waals surface area contributed by atoms with Gasteiger partial charge in [0.2, 0.25) is 0 Å². The summed E-state index contributed by atoms with van der Waals surface area (Å²) in [6.07, 6.45) is 10.6. The van der Waals surface area contributed by atoms with Crippen molar-refractivity contribution < 1.29 is 0 Å². The molecule has 1 aliphatic carbocycles. The van der Waals surface area contributed by atoms with Crippen LogP contribution in [0.3, 0.4) is 0 Å². The molecule has 1 atom stereocenters. The zero-order valence-electron chi connectivity index (χ0n) is 20.3. The van der Waals surface area contributed by atoms with Crippen molar-refractivity contribution >= 4 is 29.5 Å². The Morgan fingerprint density at radius 3 is 2.06 bits per heavy atom. The van der Waals surface area contributed by atoms with Gasteiger partial charge in [-0.15, -0.1) is 0 Å². The van der Waals surface area contributed by atoms with Crippen molar-refractivity contribution in [1.29, 1.82) is 0 Å². The van der Waals surface area contributed by atoms with E-state index in [1.807, 2.05) is 0 Å². The molecule has 2 fully saturated rings. The van der Waals surface area contributed by atoms with Crippen molar-refractivity contribution in [2.75, 3.05) is 31.1 Å². The lowest BCUT2D eigenvalue weighted by Crippen LogP contribution is -2.42. The Kier molecular flexibility index (Phi) is 6.71. The Labute approximate surface area is 206 Å². The molecule has 0 spiro atoms. The Hall–Kier alpha value is -2.15. The van der Waals surface area contributed by atoms with Crippen molar-refractivity contribution in [1.82, 2.24) is 4.90 Å². The van der Waals surface area contributed by atoms with Crippen molar-refractivity contribution in [3.05, 3.63) is 83.9 Å². The highest BCUT2D eigenvalue weighted by molar-refractivity contribution is 7.80. The average Bonchev–Trinajstić information content (AvgIpc) is 3.58. The van der Waals surface area contributed by atoms with Gasteiger partial charge in [0.25, 0.3) is 0 Å². The summed E-state index contributed by atoms with van der Waals surface area (Å²) in [7, 11) is -0.588. The fourth-order valence-corrected chi connectivity index (χ4v) is 8.96. The summed E-state index contributed by atoms with van der Waals surface area (Å²) < 4.78 is 0. The van der Waals surface area contributed by atoms with Crippen LogP contribution in [-0.2, 0) is 12.8 Å². The summed E-state index contributed by atoms with van der Waals surface area (Å²) in [6, 6.07) is 28.3. The van der Waals surface area contributed by atoms with E-state index in [2.05, 4.69) is 82.6 Å². The van der Waals surface area contributed by atoms with Gasteiger partial charge >= 0.3 is 0 Å². The molecule has 2 heterocycles. The van der Waals surface area contributed by atoms with Gasteiger partial charge in [-0.05, 0) is 94.1 Å². The second-order valence-corrected chi connectivity index (χ2v) is 12.5. The predicted octanol–water partition coefficient (Wildman–Crippen LogP) is 5.39. The topological polar surface area (TPSA) is 6.48 Å². The number of hydrogen-bond donors (Lipinski definition) is 0. The van der Waals surface area contributed by atoms with E-state index in [0.717, 1.165) is 0 Å². The Morgan fingerprint density at radius 2 is 1.35 bits per heavy atom. The monoisotopic (exact) mass is 468 g/mol. The first kappa shape index (κ1) is 22.3. The number of anilines is 1. The minimum absolute atomic E-state index is 0.588. The molecule has 6 rings (SSSR count). The molecule has 176 valence electrons. The number of likely N-dealkylation sites (tertiary alicyclic amines) is 1. The van der Waals surface area contributed by atoms with Crippen LogP contribution in [0.5, 0.6) is 0 Å². The smallest absolute Gasteiger partial charge is 0.0489 e. The maximum Gasteiger partial charge on any atom is 0.0489 e. The Bertz CT molecular complexity index is 1050. The van der Waals surface area contributed by atoms with Crippen LogP contribution < -0.4 is 20.8 Å². The lowest BCUT2D eigenvalue weighted by molar-refractivity contribution is 0.313. The molecule has 0 aromatic heterocycles. The van der Waals surface area contributed by atoms with Crippen LogP contribution in [-0.4, -0.2) is 37.1 Å². The third-order valence-corrected chi connectivity index (χ3v) is 10.6. The minimum Gasteiger partial charge on any atom is -0.366 e. The summed E-state index contributed by atoms with van der Waals surface area (Å²) in [5.41, 5.74) is 4.92. The van der Waals surface area contributed by atoms with Crippen molar-refractivity contribution in [2.24, 2.45) is 0 Å². The number of benzene rings is 3. The van der Waals surface area contributed by atoms with Crippen LogP contribution >= 0.6 is 7.92 Å². The van der Waals surface area contributed by atoms with E-state index in [9.17, 15) is 0 Å². The van der Waals surface area contributed by atoms with Gasteiger partial charge in [-0.1, -0.05) is 72.8 Å². The molecule has 0 bridgehead atoms. The van der Waals surface area contributed by atoms with E-state index in [-0.39, 0.29) is 0 Å². The molecule has 34 heavy (non-hydrogen) atoms. The highest BCUT2D eigenvalue weighted by Crippen LogP contribution is 2.42. The molecule has 0 amide bonds. The van der Waals surface area contributed by atoms with Crippen LogP contribution in [0.4, 0.5) is 5.69 Å². The Balaban J connectivity index is 1.49. The predicted molar refractivity (Wildman–Crippen MR) is 148 cm³/mol. The number of nitrogens with zero attached hydrogens (tertiary/aromatic N) is 2. The lowest BCUT2D eigenvalue weighted by Gasteiger charge is -2.37. The number of hydrogen-bond acceptors (Lipinski definition) is 2. The van der Waals surface area contributed by atoms with Gasteiger partial charge in [0.15, 0.2) is 0 Å². The fourth-order valence-electron chi connectivity index (χ4n) is 6.46. The molecule has 3 aromatic carbocycles. The van der Waals surface area contributed by atoms with Gasteiger partial charge in [0, 0.05) is 30.1 Å². The molecule has 0 radical (unpaired) electrons. The van der Waals surface area contributed by atoms with Gasteiger partial charge in [-0.3, -0.25) is 0 Å². The highest BCUT2D eigenvalue weighted by Gasteiger charge is 2.33. The van der Waals surface area contributed by atoms with E-state index in [1.165, 1.54) is 88.2 Å². The van der Waals surface area contributed by atoms with Gasteiger partial charge in [-0.2, -0.15) is 0 Å². The molecule has 2 nitrogen and oxygen atoms in total. The second kappa shape index (κ2) is 10.2. The molecule has 0 N–H and O–H groups in total. The molecule has 0 saturated carbocycles. The highest BCUT2D eigenvalue weighted by atomic mass is 31.1. The van der Waals surface area contributed by atoms with Crippen LogP contribution in [0.2, 0.25) is 0 Å². The van der Waals surface area contributed by atoms with Crippen LogP contribution in [0.1, 0.15) is 49.7 Å². The molecule has 3 heteroatoms. The van der Waals surface area contributed by atoms with E-state index in [1.54, 1.807) is 22.1 Å². The van der Waals surface area contributed by atoms with Crippen LogP contribution in [0.25, 0.3) is 0 Å². The normalized spacial score (nSPS) is 20.7. The van der Waals surface area contributed by atoms with Crippen molar-refractivity contribution in [3.63, 3.8) is 0 Å². The van der Waals surface area contributed by atoms with Gasteiger partial charge in [0.05, 0.1) is 0 Å². The van der Waals surface area contributed by atoms with Gasteiger partial charge < -0.3 is 9.80 Å². The van der Waals surface area contributed by atoms with Crippen molar-refractivity contribution in [2.45, 2.75) is 57.4 Å². The minimum atomic E-state index is -0.588. The summed E-state index contributed by atoms with van der Waals surface area (Å²) in [5, 5.41) is 4.52. The molecule has 0 unspecified atom stereocenters. The quantitative estimate of drug-likeness (QED) is 0.448. The second-order valence-electron chi connectivity index (χ2n) is 10.3. The molecule has 2 aliphatic heterocycles. The van der Waals surface area contributed by atoms with E-state index in [4.69, 9.17) is 0 Å². The third-order valence-electron chi connectivity index (χ3n) is 8.08. The molecular weight excluding hydrogens is 431 g/mol. The summed E-state index contributed by atoms with van der Waals surface area (Å²) >= 11 is 0. The van der Waals surface area contributed by atoms with E-state index in [0.29, 0.717) is 6.04 Å². The lowest BCUT2D eigenvalue weighted by atomic mass is 9.90. The summed E-state index contributed by atoms with van der Waals surface area (Å²) in [5.74, 6) is 0. The van der Waals surface area contributed by atoms with Gasteiger partial charge in [-0.25, -0.2) is 0 Å². The molecular formula is C31H37N2P. The van der Waals surface area contributed by atoms with E-state index < -0.39 is 7.92 Å². The largest absolute Gasteiger partial charge is 0.366 e. The van der Waals surface area contributed by atoms with E-state index >= 15 is 0 Å². The number of fused-ring (bicyclic) bond motifs is 1. The Morgan fingerprint density at radius 1 is 0.676 bits per heavy atom. The zero-order chi connectivity index (χ0) is 22.7. The first-order chi connectivity index (χ1) is 16.9. The van der Waals surface area contributed by atoms with Crippen molar-refractivity contribution in [3.8, 4) is 0 Å². The molecule has 2 saturated heterocycles. The van der Waals surface area contributed by atoms with Crippen LogP contribution in [0.15, 0.2) is 72.8 Å². The summed E-state index contributed by atoms with van der Waals surface area (Å²) in [6.45, 7) is 5.06. The SMILES string of the molecule is c1ccc(P(c2ccccc2)c2ccc3c(c2N2CCC[C@H]2CN2CCCC2)CCCC3)cc1. The molecule has 3 aromatic rings. The maximum absolute atomic E-state index is 2.87. The number of aryl methyl sites for hydroxylation is 1. The first-order valence-electron chi connectivity index (χ1n) is 13.4. The maximum atomic E-state index is 2.87. The summed E-state index contributed by atoms with van der Waals surface area (Å²) in [4.78, 5) is 5.61. The standard InChI is InChI=1S/C31H37N2P/c1-3-14-27(15-4-1)34(28-16-5-2-6-17-28)30-20-19-25-12-7-8-18-29(25)31(30)33-23-11-13-26(33)24-32-21-9-10-22-32/h1-6,14-17,19-20,26H,7-13,18,21-24H2/t26-/m0/s1. The first-order valence-corrected chi connectivity index (χ1v) is 14.8.